The predicted molar refractivity (Wildman–Crippen MR) is 87.3 cm³/mol. The van der Waals surface area contributed by atoms with Crippen LogP contribution in [0.3, 0.4) is 0 Å². The SMILES string of the molecule is COC(=O)COc1cccc(CNC(=O)C(N)C2CCOCC2)c1. The Kier molecular flexibility index (Phi) is 7.02. The van der Waals surface area contributed by atoms with Crippen molar-refractivity contribution in [1.29, 1.82) is 0 Å². The second-order valence-corrected chi connectivity index (χ2v) is 5.71. The maximum absolute atomic E-state index is 12.2. The highest BCUT2D eigenvalue weighted by Crippen LogP contribution is 2.18. The first-order chi connectivity index (χ1) is 11.6. The first-order valence-electron chi connectivity index (χ1n) is 7.99. The molecular formula is C17H24N2O5. The molecule has 1 aliphatic rings. The van der Waals surface area contributed by atoms with Gasteiger partial charge in [0.25, 0.3) is 0 Å². The minimum atomic E-state index is -0.521. The van der Waals surface area contributed by atoms with Gasteiger partial charge in [-0.15, -0.1) is 0 Å². The number of hydrogen-bond acceptors (Lipinski definition) is 6. The van der Waals surface area contributed by atoms with E-state index >= 15 is 0 Å². The molecule has 1 amide bonds. The maximum atomic E-state index is 12.2. The van der Waals surface area contributed by atoms with Crippen LogP contribution in [0.25, 0.3) is 0 Å². The lowest BCUT2D eigenvalue weighted by Gasteiger charge is -2.26. The molecule has 0 bridgehead atoms. The molecule has 1 atom stereocenters. The van der Waals surface area contributed by atoms with E-state index in [1.165, 1.54) is 7.11 Å². The van der Waals surface area contributed by atoms with Crippen molar-refractivity contribution in [3.63, 3.8) is 0 Å². The van der Waals surface area contributed by atoms with Gasteiger partial charge in [-0.2, -0.15) is 0 Å². The molecule has 1 aromatic rings. The van der Waals surface area contributed by atoms with Gasteiger partial charge >= 0.3 is 5.97 Å². The van der Waals surface area contributed by atoms with Crippen LogP contribution in [0.5, 0.6) is 5.75 Å². The summed E-state index contributed by atoms with van der Waals surface area (Å²) in [5, 5.41) is 2.85. The van der Waals surface area contributed by atoms with Crippen LogP contribution in [0, 0.1) is 5.92 Å². The van der Waals surface area contributed by atoms with Crippen LogP contribution in [0.15, 0.2) is 24.3 Å². The summed E-state index contributed by atoms with van der Waals surface area (Å²) in [4.78, 5) is 23.3. The predicted octanol–water partition coefficient (Wildman–Crippen LogP) is 0.609. The Morgan fingerprint density at radius 2 is 2.12 bits per heavy atom. The third-order valence-corrected chi connectivity index (χ3v) is 4.03. The van der Waals surface area contributed by atoms with Gasteiger partial charge in [-0.1, -0.05) is 12.1 Å². The molecule has 1 fully saturated rings. The van der Waals surface area contributed by atoms with Crippen LogP contribution in [-0.2, 0) is 25.6 Å². The number of hydrogen-bond donors (Lipinski definition) is 2. The number of amides is 1. The third-order valence-electron chi connectivity index (χ3n) is 4.03. The van der Waals surface area contributed by atoms with Crippen LogP contribution in [-0.4, -0.2) is 44.8 Å². The number of benzene rings is 1. The zero-order valence-electron chi connectivity index (χ0n) is 13.8. The quantitative estimate of drug-likeness (QED) is 0.708. The van der Waals surface area contributed by atoms with E-state index in [2.05, 4.69) is 10.1 Å². The van der Waals surface area contributed by atoms with Gasteiger partial charge in [-0.3, -0.25) is 4.79 Å². The van der Waals surface area contributed by atoms with Gasteiger partial charge in [0.05, 0.1) is 13.2 Å². The summed E-state index contributed by atoms with van der Waals surface area (Å²) in [6, 6.07) is 6.65. The fourth-order valence-electron chi connectivity index (χ4n) is 2.54. The molecular weight excluding hydrogens is 312 g/mol. The number of carbonyl (C=O) groups is 2. The molecule has 0 spiro atoms. The van der Waals surface area contributed by atoms with Gasteiger partial charge in [-0.05, 0) is 36.5 Å². The Hall–Kier alpha value is -2.12. The van der Waals surface area contributed by atoms with E-state index in [0.29, 0.717) is 25.5 Å². The Balaban J connectivity index is 1.82. The van der Waals surface area contributed by atoms with Gasteiger partial charge in [0.2, 0.25) is 5.91 Å². The van der Waals surface area contributed by atoms with Crippen molar-refractivity contribution in [2.45, 2.75) is 25.4 Å². The third kappa shape index (κ3) is 5.50. The van der Waals surface area contributed by atoms with E-state index < -0.39 is 12.0 Å². The van der Waals surface area contributed by atoms with Gasteiger partial charge < -0.3 is 25.3 Å². The zero-order valence-corrected chi connectivity index (χ0v) is 13.8. The van der Waals surface area contributed by atoms with E-state index in [4.69, 9.17) is 15.2 Å². The second-order valence-electron chi connectivity index (χ2n) is 5.71. The van der Waals surface area contributed by atoms with E-state index in [0.717, 1.165) is 18.4 Å². The molecule has 1 aromatic carbocycles. The lowest BCUT2D eigenvalue weighted by atomic mass is 9.92. The lowest BCUT2D eigenvalue weighted by Crippen LogP contribution is -2.46. The zero-order chi connectivity index (χ0) is 17.4. The van der Waals surface area contributed by atoms with Gasteiger partial charge in [0.1, 0.15) is 5.75 Å². The van der Waals surface area contributed by atoms with Gasteiger partial charge in [-0.25, -0.2) is 4.79 Å². The molecule has 24 heavy (non-hydrogen) atoms. The highest BCUT2D eigenvalue weighted by Gasteiger charge is 2.26. The Morgan fingerprint density at radius 3 is 2.83 bits per heavy atom. The summed E-state index contributed by atoms with van der Waals surface area (Å²) in [6.45, 7) is 1.52. The van der Waals surface area contributed by atoms with Gasteiger partial charge in [0, 0.05) is 19.8 Å². The molecule has 0 radical (unpaired) electrons. The molecule has 1 unspecified atom stereocenters. The van der Waals surface area contributed by atoms with Crippen molar-refractivity contribution in [2.24, 2.45) is 11.7 Å². The van der Waals surface area contributed by atoms with Crippen molar-refractivity contribution in [3.8, 4) is 5.75 Å². The monoisotopic (exact) mass is 336 g/mol. The van der Waals surface area contributed by atoms with Crippen molar-refractivity contribution in [1.82, 2.24) is 5.32 Å². The molecule has 1 heterocycles. The Labute approximate surface area is 141 Å². The number of ether oxygens (including phenoxy) is 3. The second kappa shape index (κ2) is 9.24. The van der Waals surface area contributed by atoms with Crippen LogP contribution in [0.4, 0.5) is 0 Å². The van der Waals surface area contributed by atoms with Crippen molar-refractivity contribution >= 4 is 11.9 Å². The number of nitrogens with one attached hydrogen (secondary N) is 1. The summed E-state index contributed by atoms with van der Waals surface area (Å²) >= 11 is 0. The normalized spacial score (nSPS) is 16.2. The molecule has 2 rings (SSSR count). The van der Waals surface area contributed by atoms with Crippen LogP contribution < -0.4 is 15.8 Å². The molecule has 7 nitrogen and oxygen atoms in total. The van der Waals surface area contributed by atoms with E-state index in [1.807, 2.05) is 6.07 Å². The molecule has 1 aliphatic heterocycles. The molecule has 0 saturated carbocycles. The Bertz CT molecular complexity index is 558. The fourth-order valence-corrected chi connectivity index (χ4v) is 2.54. The molecule has 0 aromatic heterocycles. The van der Waals surface area contributed by atoms with Crippen molar-refractivity contribution < 1.29 is 23.8 Å². The summed E-state index contributed by atoms with van der Waals surface area (Å²) in [7, 11) is 1.30. The largest absolute Gasteiger partial charge is 0.482 e. The van der Waals surface area contributed by atoms with E-state index in [1.54, 1.807) is 18.2 Å². The standard InChI is InChI=1S/C17H24N2O5/c1-22-15(20)11-24-14-4-2-3-12(9-14)10-19-17(21)16(18)13-5-7-23-8-6-13/h2-4,9,13,16H,5-8,10-11,18H2,1H3,(H,19,21). The topological polar surface area (TPSA) is 99.9 Å². The number of nitrogens with two attached hydrogens (primary N) is 1. The molecule has 7 heteroatoms. The number of methoxy groups -OCH3 is 1. The first-order valence-corrected chi connectivity index (χ1v) is 7.99. The van der Waals surface area contributed by atoms with Crippen molar-refractivity contribution in [3.05, 3.63) is 29.8 Å². The highest BCUT2D eigenvalue weighted by molar-refractivity contribution is 5.81. The Morgan fingerprint density at radius 1 is 1.38 bits per heavy atom. The summed E-state index contributed by atoms with van der Waals surface area (Å²) in [5.41, 5.74) is 6.90. The summed E-state index contributed by atoms with van der Waals surface area (Å²) < 4.78 is 15.1. The van der Waals surface area contributed by atoms with E-state index in [9.17, 15) is 9.59 Å². The van der Waals surface area contributed by atoms with Gasteiger partial charge in [0.15, 0.2) is 6.61 Å². The first kappa shape index (κ1) is 18.2. The maximum Gasteiger partial charge on any atom is 0.343 e. The molecule has 1 saturated heterocycles. The number of rotatable bonds is 7. The molecule has 3 N–H and O–H groups in total. The molecule has 0 aliphatic carbocycles. The summed E-state index contributed by atoms with van der Waals surface area (Å²) in [6.07, 6.45) is 1.62. The number of carbonyl (C=O) groups excluding carboxylic acids is 2. The minimum Gasteiger partial charge on any atom is -0.482 e. The molecule has 132 valence electrons. The lowest BCUT2D eigenvalue weighted by molar-refractivity contribution is -0.142. The van der Waals surface area contributed by atoms with E-state index in [-0.39, 0.29) is 18.4 Å². The fraction of sp³-hybridized carbons (Fsp3) is 0.529. The average molecular weight is 336 g/mol. The highest BCUT2D eigenvalue weighted by atomic mass is 16.6. The number of esters is 1. The minimum absolute atomic E-state index is 0.152. The van der Waals surface area contributed by atoms with Crippen LogP contribution >= 0.6 is 0 Å². The average Bonchev–Trinajstić information content (AvgIpc) is 2.64. The smallest absolute Gasteiger partial charge is 0.343 e. The van der Waals surface area contributed by atoms with Crippen LogP contribution in [0.1, 0.15) is 18.4 Å². The summed E-state index contributed by atoms with van der Waals surface area (Å²) in [5.74, 6) is 0.0910. The van der Waals surface area contributed by atoms with Crippen molar-refractivity contribution in [2.75, 3.05) is 26.9 Å². The van der Waals surface area contributed by atoms with Crippen LogP contribution in [0.2, 0.25) is 0 Å².